The van der Waals surface area contributed by atoms with Crippen LogP contribution in [0.2, 0.25) is 0 Å². The standard InChI is InChI=1S/C28H27NO2/c1-3-21(20-27(30)31-4-2)24-15-16-26-25(19-24)17-18-29(26)28(22-11-7-5-8-12-22)23-13-9-6-10-14-23/h5-20,28H,3-4H2,1-2H3/b21-20+. The number of nitrogens with zero attached hydrogens (tertiary/aromatic N) is 1. The summed E-state index contributed by atoms with van der Waals surface area (Å²) in [6, 6.07) is 29.8. The van der Waals surface area contributed by atoms with Crippen LogP contribution in [0.4, 0.5) is 0 Å². The maximum Gasteiger partial charge on any atom is 0.331 e. The fourth-order valence-electron chi connectivity index (χ4n) is 4.09. The van der Waals surface area contributed by atoms with E-state index in [1.165, 1.54) is 11.1 Å². The van der Waals surface area contributed by atoms with Crippen molar-refractivity contribution in [2.24, 2.45) is 0 Å². The number of esters is 1. The van der Waals surface area contributed by atoms with Crippen LogP contribution in [0.1, 0.15) is 43.0 Å². The van der Waals surface area contributed by atoms with Gasteiger partial charge in [0.1, 0.15) is 0 Å². The molecule has 3 aromatic carbocycles. The molecule has 3 nitrogen and oxygen atoms in total. The van der Waals surface area contributed by atoms with Gasteiger partial charge in [0.15, 0.2) is 0 Å². The van der Waals surface area contributed by atoms with Crippen LogP contribution in [0.3, 0.4) is 0 Å². The topological polar surface area (TPSA) is 31.2 Å². The molecule has 3 heteroatoms. The molecule has 0 radical (unpaired) electrons. The molecule has 0 atom stereocenters. The lowest BCUT2D eigenvalue weighted by molar-refractivity contribution is -0.137. The van der Waals surface area contributed by atoms with Crippen LogP contribution in [-0.2, 0) is 9.53 Å². The number of hydrogen-bond acceptors (Lipinski definition) is 2. The van der Waals surface area contributed by atoms with E-state index in [0.29, 0.717) is 6.61 Å². The number of hydrogen-bond donors (Lipinski definition) is 0. The Hall–Kier alpha value is -3.59. The first kappa shape index (κ1) is 20.7. The Kier molecular flexibility index (Phi) is 6.32. The molecule has 0 aliphatic heterocycles. The van der Waals surface area contributed by atoms with Crippen LogP contribution in [0, 0.1) is 0 Å². The van der Waals surface area contributed by atoms with E-state index >= 15 is 0 Å². The van der Waals surface area contributed by atoms with Crippen molar-refractivity contribution in [2.75, 3.05) is 6.61 Å². The highest BCUT2D eigenvalue weighted by Gasteiger charge is 2.18. The molecule has 0 aliphatic rings. The number of aromatic nitrogens is 1. The van der Waals surface area contributed by atoms with Crippen molar-refractivity contribution in [3.63, 3.8) is 0 Å². The summed E-state index contributed by atoms with van der Waals surface area (Å²) in [5, 5.41) is 1.15. The summed E-state index contributed by atoms with van der Waals surface area (Å²) in [5.41, 5.74) is 5.68. The highest BCUT2D eigenvalue weighted by atomic mass is 16.5. The lowest BCUT2D eigenvalue weighted by atomic mass is 9.98. The number of fused-ring (bicyclic) bond motifs is 1. The van der Waals surface area contributed by atoms with Crippen molar-refractivity contribution in [1.29, 1.82) is 0 Å². The highest BCUT2D eigenvalue weighted by Crippen LogP contribution is 2.32. The Balaban J connectivity index is 1.78. The van der Waals surface area contributed by atoms with Gasteiger partial charge in [0.2, 0.25) is 0 Å². The summed E-state index contributed by atoms with van der Waals surface area (Å²) in [7, 11) is 0. The normalized spacial score (nSPS) is 11.8. The van der Waals surface area contributed by atoms with Gasteiger partial charge in [0, 0.05) is 23.2 Å². The lowest BCUT2D eigenvalue weighted by Gasteiger charge is -2.21. The molecule has 4 aromatic rings. The molecule has 0 bridgehead atoms. The van der Waals surface area contributed by atoms with Crippen molar-refractivity contribution < 1.29 is 9.53 Å². The zero-order chi connectivity index (χ0) is 21.6. The minimum atomic E-state index is -0.287. The molecule has 0 fully saturated rings. The third-order valence-corrected chi connectivity index (χ3v) is 5.56. The zero-order valence-electron chi connectivity index (χ0n) is 18.0. The van der Waals surface area contributed by atoms with Crippen LogP contribution < -0.4 is 0 Å². The van der Waals surface area contributed by atoms with Crippen molar-refractivity contribution >= 4 is 22.4 Å². The van der Waals surface area contributed by atoms with E-state index in [2.05, 4.69) is 90.5 Å². The SMILES string of the molecule is CCOC(=O)/C=C(\CC)c1ccc2c(ccn2C(c2ccccc2)c2ccccc2)c1. The van der Waals surface area contributed by atoms with E-state index in [0.717, 1.165) is 28.5 Å². The van der Waals surface area contributed by atoms with E-state index < -0.39 is 0 Å². The van der Waals surface area contributed by atoms with E-state index in [-0.39, 0.29) is 12.0 Å². The number of ether oxygens (including phenoxy) is 1. The Morgan fingerprint density at radius 1 is 0.903 bits per heavy atom. The second-order valence-electron chi connectivity index (χ2n) is 7.50. The summed E-state index contributed by atoms with van der Waals surface area (Å²) in [4.78, 5) is 12.0. The summed E-state index contributed by atoms with van der Waals surface area (Å²) in [6.45, 7) is 4.26. The third-order valence-electron chi connectivity index (χ3n) is 5.56. The van der Waals surface area contributed by atoms with Crippen molar-refractivity contribution in [3.05, 3.63) is 114 Å². The largest absolute Gasteiger partial charge is 0.463 e. The summed E-state index contributed by atoms with van der Waals surface area (Å²) >= 11 is 0. The number of carbonyl (C=O) groups excluding carboxylic acids is 1. The molecule has 0 N–H and O–H groups in total. The van der Waals surface area contributed by atoms with Gasteiger partial charge in [0.05, 0.1) is 12.6 Å². The van der Waals surface area contributed by atoms with Crippen LogP contribution in [0.25, 0.3) is 16.5 Å². The average Bonchev–Trinajstić information content (AvgIpc) is 3.22. The molecule has 31 heavy (non-hydrogen) atoms. The predicted octanol–water partition coefficient (Wildman–Crippen LogP) is 6.64. The molecule has 1 aromatic heterocycles. The Labute approximate surface area is 183 Å². The van der Waals surface area contributed by atoms with E-state index in [1.54, 1.807) is 6.08 Å². The highest BCUT2D eigenvalue weighted by molar-refractivity contribution is 5.93. The predicted molar refractivity (Wildman–Crippen MR) is 127 cm³/mol. The van der Waals surface area contributed by atoms with Gasteiger partial charge in [-0.2, -0.15) is 0 Å². The van der Waals surface area contributed by atoms with Gasteiger partial charge in [-0.05, 0) is 53.8 Å². The smallest absolute Gasteiger partial charge is 0.331 e. The molecule has 156 valence electrons. The van der Waals surface area contributed by atoms with Crippen molar-refractivity contribution in [1.82, 2.24) is 4.57 Å². The molecular formula is C28H27NO2. The van der Waals surface area contributed by atoms with Crippen molar-refractivity contribution in [2.45, 2.75) is 26.3 Å². The molecular weight excluding hydrogens is 382 g/mol. The maximum absolute atomic E-state index is 12.0. The monoisotopic (exact) mass is 409 g/mol. The fourth-order valence-corrected chi connectivity index (χ4v) is 4.09. The van der Waals surface area contributed by atoms with Gasteiger partial charge in [-0.1, -0.05) is 73.7 Å². The van der Waals surface area contributed by atoms with E-state index in [1.807, 2.05) is 19.1 Å². The minimum absolute atomic E-state index is 0.0893. The quantitative estimate of drug-likeness (QED) is 0.253. The summed E-state index contributed by atoms with van der Waals surface area (Å²) in [6.07, 6.45) is 4.53. The second kappa shape index (κ2) is 9.48. The second-order valence-corrected chi connectivity index (χ2v) is 7.50. The first-order valence-corrected chi connectivity index (χ1v) is 10.8. The van der Waals surface area contributed by atoms with E-state index in [9.17, 15) is 4.79 Å². The molecule has 0 saturated heterocycles. The number of carbonyl (C=O) groups is 1. The van der Waals surface area contributed by atoms with Gasteiger partial charge < -0.3 is 9.30 Å². The average molecular weight is 410 g/mol. The molecule has 4 rings (SSSR count). The number of rotatable bonds is 7. The fraction of sp³-hybridized carbons (Fsp3) is 0.179. The first-order valence-electron chi connectivity index (χ1n) is 10.8. The zero-order valence-corrected chi connectivity index (χ0v) is 18.0. The van der Waals surface area contributed by atoms with Gasteiger partial charge in [-0.25, -0.2) is 4.79 Å². The van der Waals surface area contributed by atoms with Crippen LogP contribution in [0.5, 0.6) is 0 Å². The Bertz CT molecular complexity index is 1150. The molecule has 0 aliphatic carbocycles. The number of benzene rings is 3. The van der Waals surface area contributed by atoms with Gasteiger partial charge in [-0.3, -0.25) is 0 Å². The molecule has 1 heterocycles. The Morgan fingerprint density at radius 2 is 1.55 bits per heavy atom. The number of allylic oxidation sites excluding steroid dienone is 1. The van der Waals surface area contributed by atoms with Crippen LogP contribution in [-0.4, -0.2) is 17.1 Å². The first-order chi connectivity index (χ1) is 15.2. The summed E-state index contributed by atoms with van der Waals surface area (Å²) in [5.74, 6) is -0.287. The van der Waals surface area contributed by atoms with Crippen LogP contribution >= 0.6 is 0 Å². The Morgan fingerprint density at radius 3 is 2.13 bits per heavy atom. The van der Waals surface area contributed by atoms with Crippen LogP contribution in [0.15, 0.2) is 97.2 Å². The molecule has 0 unspecified atom stereocenters. The van der Waals surface area contributed by atoms with Gasteiger partial charge in [0.25, 0.3) is 0 Å². The molecule has 0 saturated carbocycles. The summed E-state index contributed by atoms with van der Waals surface area (Å²) < 4.78 is 7.42. The van der Waals surface area contributed by atoms with Crippen molar-refractivity contribution in [3.8, 4) is 0 Å². The molecule has 0 amide bonds. The third kappa shape index (κ3) is 4.46. The maximum atomic E-state index is 12.0. The van der Waals surface area contributed by atoms with E-state index in [4.69, 9.17) is 4.74 Å². The molecule has 0 spiro atoms. The minimum Gasteiger partial charge on any atom is -0.463 e. The van der Waals surface area contributed by atoms with Gasteiger partial charge in [-0.15, -0.1) is 0 Å². The van der Waals surface area contributed by atoms with Gasteiger partial charge >= 0.3 is 5.97 Å². The lowest BCUT2D eigenvalue weighted by Crippen LogP contribution is -2.11.